The molecule has 0 spiro atoms. The first-order valence-corrected chi connectivity index (χ1v) is 7.31. The minimum Gasteiger partial charge on any atom is -0.0694 e. The number of aryl methyl sites for hydroxylation is 1. The van der Waals surface area contributed by atoms with Crippen LogP contribution in [0.25, 0.3) is 11.6 Å². The molecule has 1 unspecified atom stereocenters. The van der Waals surface area contributed by atoms with E-state index < -0.39 is 0 Å². The van der Waals surface area contributed by atoms with Gasteiger partial charge in [-0.2, -0.15) is 0 Å². The molecule has 0 N–H and O–H groups in total. The van der Waals surface area contributed by atoms with Crippen molar-refractivity contribution in [3.63, 3.8) is 0 Å². The van der Waals surface area contributed by atoms with Crippen LogP contribution in [0.1, 0.15) is 40.7 Å². The molecule has 1 atom stereocenters. The molecule has 0 amide bonds. The molecule has 0 bridgehead atoms. The van der Waals surface area contributed by atoms with Gasteiger partial charge in [0.05, 0.1) is 0 Å². The summed E-state index contributed by atoms with van der Waals surface area (Å²) < 4.78 is 0. The molecule has 0 fully saturated rings. The lowest BCUT2D eigenvalue weighted by Gasteiger charge is -2.12. The van der Waals surface area contributed by atoms with Crippen LogP contribution in [0.5, 0.6) is 0 Å². The van der Waals surface area contributed by atoms with Crippen molar-refractivity contribution in [3.05, 3.63) is 81.9 Å². The van der Waals surface area contributed by atoms with Crippen molar-refractivity contribution in [2.75, 3.05) is 0 Å². The van der Waals surface area contributed by atoms with Gasteiger partial charge in [-0.3, -0.25) is 0 Å². The molecule has 0 radical (unpaired) electrons. The van der Waals surface area contributed by atoms with Gasteiger partial charge in [0.2, 0.25) is 0 Å². The van der Waals surface area contributed by atoms with Gasteiger partial charge in [0, 0.05) is 5.92 Å². The molecule has 0 heterocycles. The molecule has 20 heavy (non-hydrogen) atoms. The molecular weight excluding hydrogens is 240 g/mol. The van der Waals surface area contributed by atoms with Gasteiger partial charge in [-0.1, -0.05) is 60.2 Å². The van der Waals surface area contributed by atoms with Gasteiger partial charge in [0.25, 0.3) is 0 Å². The van der Waals surface area contributed by atoms with Crippen molar-refractivity contribution in [2.24, 2.45) is 0 Å². The molecule has 98 valence electrons. The SMILES string of the molecule is CC1=CC(C2=Cc3c(C)cccc3C2)c2ccccc21. The van der Waals surface area contributed by atoms with Gasteiger partial charge < -0.3 is 0 Å². The van der Waals surface area contributed by atoms with E-state index in [9.17, 15) is 0 Å². The van der Waals surface area contributed by atoms with Crippen LogP contribution in [0.15, 0.2) is 54.1 Å². The standard InChI is InChI=1S/C20H18/c1-13-6-5-7-15-11-16(12-19(13)15)20-10-14(2)17-8-3-4-9-18(17)20/h3-10,12,20H,11H2,1-2H3. The van der Waals surface area contributed by atoms with Crippen LogP contribution in [0.2, 0.25) is 0 Å². The predicted octanol–water partition coefficient (Wildman–Crippen LogP) is 5.14. The second kappa shape index (κ2) is 4.21. The van der Waals surface area contributed by atoms with Crippen LogP contribution >= 0.6 is 0 Å². The summed E-state index contributed by atoms with van der Waals surface area (Å²) >= 11 is 0. The van der Waals surface area contributed by atoms with Gasteiger partial charge in [-0.05, 0) is 53.7 Å². The van der Waals surface area contributed by atoms with Crippen LogP contribution in [0.4, 0.5) is 0 Å². The summed E-state index contributed by atoms with van der Waals surface area (Å²) in [6, 6.07) is 15.5. The smallest absolute Gasteiger partial charge is 0.0246 e. The fourth-order valence-electron chi connectivity index (χ4n) is 3.62. The second-order valence-corrected chi connectivity index (χ2v) is 5.96. The molecule has 4 rings (SSSR count). The van der Waals surface area contributed by atoms with E-state index in [-0.39, 0.29) is 0 Å². The minimum atomic E-state index is 0.470. The van der Waals surface area contributed by atoms with Crippen LogP contribution in [0.3, 0.4) is 0 Å². The Kier molecular flexibility index (Phi) is 2.47. The zero-order chi connectivity index (χ0) is 13.7. The van der Waals surface area contributed by atoms with Crippen molar-refractivity contribution in [2.45, 2.75) is 26.2 Å². The number of hydrogen-bond acceptors (Lipinski definition) is 0. The summed E-state index contributed by atoms with van der Waals surface area (Å²) in [5, 5.41) is 0. The van der Waals surface area contributed by atoms with E-state index in [1.54, 1.807) is 5.57 Å². The van der Waals surface area contributed by atoms with Crippen molar-refractivity contribution >= 4 is 11.6 Å². The Morgan fingerprint density at radius 3 is 2.65 bits per heavy atom. The Morgan fingerprint density at radius 1 is 0.950 bits per heavy atom. The lowest BCUT2D eigenvalue weighted by molar-refractivity contribution is 0.969. The van der Waals surface area contributed by atoms with Gasteiger partial charge in [-0.15, -0.1) is 0 Å². The normalized spacial score (nSPS) is 19.4. The third kappa shape index (κ3) is 1.61. The topological polar surface area (TPSA) is 0 Å². The van der Waals surface area contributed by atoms with E-state index in [2.05, 4.69) is 68.5 Å². The van der Waals surface area contributed by atoms with Crippen molar-refractivity contribution in [1.82, 2.24) is 0 Å². The first kappa shape index (κ1) is 11.7. The molecule has 0 heteroatoms. The summed E-state index contributed by atoms with van der Waals surface area (Å²) in [5.74, 6) is 0.470. The molecular formula is C20H18. The molecule has 0 saturated carbocycles. The van der Waals surface area contributed by atoms with Crippen molar-refractivity contribution < 1.29 is 0 Å². The maximum atomic E-state index is 2.43. The Hall–Kier alpha value is -2.08. The lowest BCUT2D eigenvalue weighted by Crippen LogP contribution is -1.97. The third-order valence-electron chi connectivity index (χ3n) is 4.68. The van der Waals surface area contributed by atoms with E-state index >= 15 is 0 Å². The summed E-state index contributed by atoms with van der Waals surface area (Å²) in [6.45, 7) is 4.44. The molecule has 2 aromatic rings. The lowest BCUT2D eigenvalue weighted by atomic mass is 9.92. The van der Waals surface area contributed by atoms with Gasteiger partial charge in [0.1, 0.15) is 0 Å². The molecule has 0 saturated heterocycles. The van der Waals surface area contributed by atoms with Crippen LogP contribution in [-0.2, 0) is 6.42 Å². The molecule has 0 aliphatic heterocycles. The van der Waals surface area contributed by atoms with Gasteiger partial charge in [0.15, 0.2) is 0 Å². The summed E-state index contributed by atoms with van der Waals surface area (Å²) in [6.07, 6.45) is 5.94. The van der Waals surface area contributed by atoms with E-state index in [1.165, 1.54) is 33.4 Å². The second-order valence-electron chi connectivity index (χ2n) is 5.96. The fraction of sp³-hybridized carbons (Fsp3) is 0.200. The first-order chi connectivity index (χ1) is 9.74. The molecule has 0 nitrogen and oxygen atoms in total. The van der Waals surface area contributed by atoms with Crippen LogP contribution in [-0.4, -0.2) is 0 Å². The van der Waals surface area contributed by atoms with Crippen molar-refractivity contribution in [3.8, 4) is 0 Å². The Labute approximate surface area is 120 Å². The highest BCUT2D eigenvalue weighted by atomic mass is 14.3. The molecule has 2 aliphatic carbocycles. The summed E-state index contributed by atoms with van der Waals surface area (Å²) in [7, 11) is 0. The number of benzene rings is 2. The van der Waals surface area contributed by atoms with E-state index in [4.69, 9.17) is 0 Å². The van der Waals surface area contributed by atoms with Gasteiger partial charge in [-0.25, -0.2) is 0 Å². The average molecular weight is 258 g/mol. The predicted molar refractivity (Wildman–Crippen MR) is 85.7 cm³/mol. The van der Waals surface area contributed by atoms with E-state index in [0.29, 0.717) is 5.92 Å². The number of hydrogen-bond donors (Lipinski definition) is 0. The van der Waals surface area contributed by atoms with E-state index in [0.717, 1.165) is 6.42 Å². The summed E-state index contributed by atoms with van der Waals surface area (Å²) in [4.78, 5) is 0. The minimum absolute atomic E-state index is 0.470. The number of fused-ring (bicyclic) bond motifs is 2. The first-order valence-electron chi connectivity index (χ1n) is 7.31. The van der Waals surface area contributed by atoms with Gasteiger partial charge >= 0.3 is 0 Å². The van der Waals surface area contributed by atoms with Crippen LogP contribution in [0, 0.1) is 6.92 Å². The average Bonchev–Trinajstić information content (AvgIpc) is 3.02. The Morgan fingerprint density at radius 2 is 1.80 bits per heavy atom. The number of rotatable bonds is 1. The van der Waals surface area contributed by atoms with Crippen molar-refractivity contribution in [1.29, 1.82) is 0 Å². The molecule has 2 aromatic carbocycles. The highest BCUT2D eigenvalue weighted by molar-refractivity contribution is 5.78. The summed E-state index contributed by atoms with van der Waals surface area (Å²) in [5.41, 5.74) is 10.2. The fourth-order valence-corrected chi connectivity index (χ4v) is 3.62. The highest BCUT2D eigenvalue weighted by Gasteiger charge is 2.27. The van der Waals surface area contributed by atoms with E-state index in [1.807, 2.05) is 0 Å². The largest absolute Gasteiger partial charge is 0.0694 e. The highest BCUT2D eigenvalue weighted by Crippen LogP contribution is 2.44. The monoisotopic (exact) mass is 258 g/mol. The zero-order valence-electron chi connectivity index (χ0n) is 12.0. The Balaban J connectivity index is 1.79. The third-order valence-corrected chi connectivity index (χ3v) is 4.68. The molecule has 2 aliphatic rings. The maximum Gasteiger partial charge on any atom is 0.0246 e. The number of allylic oxidation sites excluding steroid dienone is 3. The Bertz CT molecular complexity index is 759. The zero-order valence-corrected chi connectivity index (χ0v) is 12.0. The molecule has 0 aromatic heterocycles. The maximum absolute atomic E-state index is 2.43. The van der Waals surface area contributed by atoms with Crippen LogP contribution < -0.4 is 0 Å². The quantitative estimate of drug-likeness (QED) is 0.664.